The molecule has 0 aliphatic heterocycles. The molecule has 5 heteroatoms. The van der Waals surface area contributed by atoms with Crippen LogP contribution in [-0.4, -0.2) is 20.7 Å². The summed E-state index contributed by atoms with van der Waals surface area (Å²) in [5.41, 5.74) is 0. The van der Waals surface area contributed by atoms with Gasteiger partial charge in [0.25, 0.3) is 0 Å². The Hall–Kier alpha value is -0.600. The van der Waals surface area contributed by atoms with E-state index < -0.39 is 15.8 Å². The molecule has 1 rings (SSSR count). The van der Waals surface area contributed by atoms with Crippen LogP contribution in [0.1, 0.15) is 32.1 Å². The van der Waals surface area contributed by atoms with Gasteiger partial charge in [-0.2, -0.15) is 5.26 Å². The molecule has 0 aromatic carbocycles. The highest BCUT2D eigenvalue weighted by Gasteiger charge is 2.15. The molecule has 0 amide bonds. The van der Waals surface area contributed by atoms with Crippen molar-refractivity contribution in [3.8, 4) is 6.07 Å². The van der Waals surface area contributed by atoms with Crippen LogP contribution in [0.2, 0.25) is 0 Å². The first-order valence-electron chi connectivity index (χ1n) is 4.98. The van der Waals surface area contributed by atoms with Gasteiger partial charge in [0.2, 0.25) is 10.0 Å². The molecule has 0 unspecified atom stereocenters. The van der Waals surface area contributed by atoms with Crippen molar-refractivity contribution in [3.05, 3.63) is 0 Å². The molecule has 0 aromatic heterocycles. The molecular weight excluding hydrogens is 200 g/mol. The van der Waals surface area contributed by atoms with Gasteiger partial charge in [-0.25, -0.2) is 13.1 Å². The second kappa shape index (κ2) is 5.32. The molecule has 80 valence electrons. The first-order valence-corrected chi connectivity index (χ1v) is 6.63. The Labute approximate surface area is 85.4 Å². The highest BCUT2D eigenvalue weighted by molar-refractivity contribution is 7.89. The van der Waals surface area contributed by atoms with Crippen molar-refractivity contribution in [2.45, 2.75) is 32.1 Å². The minimum absolute atomic E-state index is 0.433. The van der Waals surface area contributed by atoms with Crippen molar-refractivity contribution in [1.29, 1.82) is 5.26 Å². The van der Waals surface area contributed by atoms with E-state index in [1.165, 1.54) is 25.7 Å². The van der Waals surface area contributed by atoms with E-state index in [9.17, 15) is 8.42 Å². The van der Waals surface area contributed by atoms with E-state index in [1.54, 1.807) is 6.07 Å². The van der Waals surface area contributed by atoms with E-state index in [2.05, 4.69) is 4.72 Å². The average molecular weight is 216 g/mol. The lowest BCUT2D eigenvalue weighted by Gasteiger charge is -2.08. The summed E-state index contributed by atoms with van der Waals surface area (Å²) in [5.74, 6) is 0.247. The minimum Gasteiger partial charge on any atom is -0.214 e. The predicted octanol–water partition coefficient (Wildman–Crippen LogP) is 1.01. The number of nitriles is 1. The number of hydrogen-bond donors (Lipinski definition) is 1. The first-order chi connectivity index (χ1) is 6.64. The van der Waals surface area contributed by atoms with Crippen LogP contribution in [0.5, 0.6) is 0 Å². The summed E-state index contributed by atoms with van der Waals surface area (Å²) in [4.78, 5) is 0. The molecule has 4 nitrogen and oxygen atoms in total. The van der Waals surface area contributed by atoms with Crippen molar-refractivity contribution in [2.75, 3.05) is 12.3 Å². The monoisotopic (exact) mass is 216 g/mol. The molecule has 0 spiro atoms. The summed E-state index contributed by atoms with van der Waals surface area (Å²) in [5, 5.41) is 8.24. The van der Waals surface area contributed by atoms with E-state index in [4.69, 9.17) is 5.26 Å². The molecule has 14 heavy (non-hydrogen) atoms. The Morgan fingerprint density at radius 2 is 2.00 bits per heavy atom. The summed E-state index contributed by atoms with van der Waals surface area (Å²) >= 11 is 0. The highest BCUT2D eigenvalue weighted by Crippen LogP contribution is 2.26. The van der Waals surface area contributed by atoms with Crippen molar-refractivity contribution < 1.29 is 8.42 Å². The van der Waals surface area contributed by atoms with E-state index in [0.29, 0.717) is 12.5 Å². The van der Waals surface area contributed by atoms with Crippen LogP contribution in [0.4, 0.5) is 0 Å². The third kappa shape index (κ3) is 4.07. The van der Waals surface area contributed by atoms with Crippen LogP contribution in [0.15, 0.2) is 0 Å². The Balaban J connectivity index is 2.17. The fraction of sp³-hybridized carbons (Fsp3) is 0.889. The third-order valence-corrected chi connectivity index (χ3v) is 3.76. The first kappa shape index (κ1) is 11.5. The van der Waals surface area contributed by atoms with Gasteiger partial charge in [-0.05, 0) is 12.3 Å². The van der Waals surface area contributed by atoms with Crippen molar-refractivity contribution in [1.82, 2.24) is 4.72 Å². The summed E-state index contributed by atoms with van der Waals surface area (Å²) < 4.78 is 24.6. The van der Waals surface area contributed by atoms with Crippen molar-refractivity contribution in [3.63, 3.8) is 0 Å². The van der Waals surface area contributed by atoms with Crippen LogP contribution in [-0.2, 0) is 10.0 Å². The quantitative estimate of drug-likeness (QED) is 0.745. The smallest absolute Gasteiger partial charge is 0.214 e. The Bertz CT molecular complexity index is 299. The molecule has 1 saturated carbocycles. The van der Waals surface area contributed by atoms with E-state index in [0.717, 1.165) is 6.42 Å². The molecule has 0 saturated heterocycles. The molecule has 0 atom stereocenters. The zero-order valence-corrected chi connectivity index (χ0v) is 9.02. The van der Waals surface area contributed by atoms with Crippen molar-refractivity contribution >= 4 is 10.0 Å². The van der Waals surface area contributed by atoms with Gasteiger partial charge in [-0.3, -0.25) is 0 Å². The summed E-state index contributed by atoms with van der Waals surface area (Å²) in [7, 11) is -3.33. The van der Waals surface area contributed by atoms with E-state index >= 15 is 0 Å². The van der Waals surface area contributed by atoms with Gasteiger partial charge >= 0.3 is 0 Å². The second-order valence-corrected chi connectivity index (χ2v) is 5.56. The maximum absolute atomic E-state index is 11.1. The summed E-state index contributed by atoms with van der Waals surface area (Å²) in [6.07, 6.45) is 5.90. The molecule has 1 aliphatic rings. The minimum atomic E-state index is -3.33. The van der Waals surface area contributed by atoms with Gasteiger partial charge in [0.1, 0.15) is 0 Å². The van der Waals surface area contributed by atoms with E-state index in [1.807, 2.05) is 0 Å². The normalized spacial score (nSPS) is 18.2. The molecule has 0 bridgehead atoms. The Kier molecular flexibility index (Phi) is 4.36. The molecule has 1 fully saturated rings. The lowest BCUT2D eigenvalue weighted by Crippen LogP contribution is -2.27. The maximum atomic E-state index is 11.1. The SMILES string of the molecule is N#CCS(=O)(=O)NCCC1CCCC1. The Morgan fingerprint density at radius 1 is 1.36 bits per heavy atom. The van der Waals surface area contributed by atoms with Gasteiger partial charge in [-0.15, -0.1) is 0 Å². The predicted molar refractivity (Wildman–Crippen MR) is 54.0 cm³/mol. The lowest BCUT2D eigenvalue weighted by atomic mass is 10.1. The van der Waals surface area contributed by atoms with Gasteiger partial charge in [0.15, 0.2) is 5.75 Å². The lowest BCUT2D eigenvalue weighted by molar-refractivity contribution is 0.496. The number of sulfonamides is 1. The molecule has 0 radical (unpaired) electrons. The number of nitrogens with zero attached hydrogens (tertiary/aromatic N) is 1. The van der Waals surface area contributed by atoms with Crippen molar-refractivity contribution in [2.24, 2.45) is 5.92 Å². The highest BCUT2D eigenvalue weighted by atomic mass is 32.2. The summed E-state index contributed by atoms with van der Waals surface area (Å²) in [6, 6.07) is 1.64. The van der Waals surface area contributed by atoms with Crippen LogP contribution in [0.3, 0.4) is 0 Å². The largest absolute Gasteiger partial charge is 0.225 e. The molecule has 0 aromatic rings. The van der Waals surface area contributed by atoms with Crippen LogP contribution in [0, 0.1) is 17.2 Å². The van der Waals surface area contributed by atoms with Crippen LogP contribution in [0.25, 0.3) is 0 Å². The molecule has 1 N–H and O–H groups in total. The topological polar surface area (TPSA) is 70.0 Å². The Morgan fingerprint density at radius 3 is 2.57 bits per heavy atom. The van der Waals surface area contributed by atoms with Gasteiger partial charge in [0.05, 0.1) is 6.07 Å². The molecular formula is C9H16N2O2S. The van der Waals surface area contributed by atoms with Crippen LogP contribution < -0.4 is 4.72 Å². The fourth-order valence-electron chi connectivity index (χ4n) is 1.85. The number of rotatable bonds is 5. The standard InChI is InChI=1S/C9H16N2O2S/c10-6-8-14(12,13)11-7-5-9-3-1-2-4-9/h9,11H,1-5,7-8H2. The molecule has 0 heterocycles. The maximum Gasteiger partial charge on any atom is 0.225 e. The van der Waals surface area contributed by atoms with Gasteiger partial charge < -0.3 is 0 Å². The van der Waals surface area contributed by atoms with Gasteiger partial charge in [-0.1, -0.05) is 25.7 Å². The van der Waals surface area contributed by atoms with Crippen LogP contribution >= 0.6 is 0 Å². The zero-order chi connectivity index (χ0) is 10.4. The number of hydrogen-bond acceptors (Lipinski definition) is 3. The fourth-order valence-corrected chi connectivity index (χ4v) is 2.55. The van der Waals surface area contributed by atoms with Gasteiger partial charge in [0, 0.05) is 6.54 Å². The molecule has 1 aliphatic carbocycles. The zero-order valence-electron chi connectivity index (χ0n) is 8.20. The average Bonchev–Trinajstić information content (AvgIpc) is 2.56. The number of nitrogens with one attached hydrogen (secondary N) is 1. The summed E-state index contributed by atoms with van der Waals surface area (Å²) in [6.45, 7) is 0.481. The third-order valence-electron chi connectivity index (χ3n) is 2.60. The second-order valence-electron chi connectivity index (χ2n) is 3.75. The van der Waals surface area contributed by atoms with E-state index in [-0.39, 0.29) is 0 Å².